The van der Waals surface area contributed by atoms with Crippen LogP contribution < -0.4 is 9.64 Å². The highest BCUT2D eigenvalue weighted by Crippen LogP contribution is 2.30. The van der Waals surface area contributed by atoms with Crippen LogP contribution in [0.4, 0.5) is 18.9 Å². The first-order valence-corrected chi connectivity index (χ1v) is 10.3. The number of hydrogen-bond acceptors (Lipinski definition) is 3. The number of methoxy groups -OCH3 is 2. The molecule has 4 nitrogen and oxygen atoms in total. The molecule has 2 aromatic rings. The molecule has 1 amide bonds. The molecule has 170 valence electrons. The lowest BCUT2D eigenvalue weighted by Gasteiger charge is -2.25. The van der Waals surface area contributed by atoms with Crippen molar-refractivity contribution < 1.29 is 27.4 Å². The maximum atomic E-state index is 13.3. The van der Waals surface area contributed by atoms with Crippen LogP contribution in [0.3, 0.4) is 0 Å². The summed E-state index contributed by atoms with van der Waals surface area (Å²) in [6, 6.07) is 12.2. The number of halogens is 3. The van der Waals surface area contributed by atoms with Gasteiger partial charge in [-0.2, -0.15) is 13.2 Å². The fraction of sp³-hybridized carbons (Fsp3) is 0.320. The lowest BCUT2D eigenvalue weighted by molar-refractivity contribution is -0.137. The molecule has 0 saturated carbocycles. The molecule has 0 N–H and O–H groups in total. The molecule has 0 saturated heterocycles. The van der Waals surface area contributed by atoms with Crippen LogP contribution in [0.1, 0.15) is 30.4 Å². The maximum absolute atomic E-state index is 13.3. The molecule has 0 heterocycles. The van der Waals surface area contributed by atoms with Crippen molar-refractivity contribution in [3.05, 3.63) is 83.1 Å². The van der Waals surface area contributed by atoms with Gasteiger partial charge in [0.1, 0.15) is 5.75 Å². The molecule has 1 aliphatic rings. The Balaban J connectivity index is 1.81. The number of nitrogens with zero attached hydrogens (tertiary/aromatic N) is 1. The Morgan fingerprint density at radius 1 is 1.06 bits per heavy atom. The van der Waals surface area contributed by atoms with Crippen LogP contribution in [-0.2, 0) is 22.1 Å². The van der Waals surface area contributed by atoms with Crippen LogP contribution in [-0.4, -0.2) is 26.7 Å². The molecule has 1 aliphatic carbocycles. The van der Waals surface area contributed by atoms with Gasteiger partial charge in [-0.25, -0.2) is 0 Å². The Kier molecular flexibility index (Phi) is 7.62. The molecule has 0 aromatic heterocycles. The molecule has 2 aromatic carbocycles. The zero-order valence-corrected chi connectivity index (χ0v) is 18.1. The van der Waals surface area contributed by atoms with Crippen LogP contribution in [0, 0.1) is 0 Å². The number of carbonyl (C=O) groups is 1. The number of benzene rings is 2. The van der Waals surface area contributed by atoms with Gasteiger partial charge < -0.3 is 14.4 Å². The standard InChI is InChI=1S/C25H26F3NO3/c1-31-22-8-5-7-21(17-22)29(24(30)16-19-6-3-4-9-23(19)32-2)15-14-18-10-12-20(13-11-18)25(26,27)28/h3,5-8,10-13,17H,4,9,14-16H2,1-2H3. The monoisotopic (exact) mass is 445 g/mol. The topological polar surface area (TPSA) is 38.8 Å². The van der Waals surface area contributed by atoms with E-state index in [2.05, 4.69) is 0 Å². The molecular weight excluding hydrogens is 419 g/mol. The van der Waals surface area contributed by atoms with Crippen LogP contribution in [0.2, 0.25) is 0 Å². The number of carbonyl (C=O) groups excluding carboxylic acids is 1. The fourth-order valence-electron chi connectivity index (χ4n) is 3.62. The van der Waals surface area contributed by atoms with Crippen molar-refractivity contribution in [2.45, 2.75) is 31.9 Å². The van der Waals surface area contributed by atoms with E-state index in [1.54, 1.807) is 37.3 Å². The summed E-state index contributed by atoms with van der Waals surface area (Å²) >= 11 is 0. The van der Waals surface area contributed by atoms with E-state index < -0.39 is 11.7 Å². The van der Waals surface area contributed by atoms with Gasteiger partial charge in [0.05, 0.1) is 32.0 Å². The van der Waals surface area contributed by atoms with Crippen molar-refractivity contribution in [2.24, 2.45) is 0 Å². The number of alkyl halides is 3. The van der Waals surface area contributed by atoms with Crippen LogP contribution in [0.15, 0.2) is 72.0 Å². The molecule has 7 heteroatoms. The van der Waals surface area contributed by atoms with E-state index in [-0.39, 0.29) is 12.3 Å². The number of hydrogen-bond donors (Lipinski definition) is 0. The average molecular weight is 445 g/mol. The highest BCUT2D eigenvalue weighted by molar-refractivity contribution is 5.95. The summed E-state index contributed by atoms with van der Waals surface area (Å²) in [7, 11) is 3.15. The quantitative estimate of drug-likeness (QED) is 0.506. The molecule has 3 rings (SSSR count). The van der Waals surface area contributed by atoms with E-state index in [0.717, 1.165) is 36.3 Å². The van der Waals surface area contributed by atoms with Crippen LogP contribution in [0.25, 0.3) is 0 Å². The normalized spacial score (nSPS) is 13.8. The van der Waals surface area contributed by atoms with E-state index in [1.165, 1.54) is 12.1 Å². The molecule has 32 heavy (non-hydrogen) atoms. The smallest absolute Gasteiger partial charge is 0.416 e. The van der Waals surface area contributed by atoms with Crippen LogP contribution in [0.5, 0.6) is 5.75 Å². The highest BCUT2D eigenvalue weighted by Gasteiger charge is 2.30. The molecule has 0 unspecified atom stereocenters. The third kappa shape index (κ3) is 5.93. The zero-order chi connectivity index (χ0) is 23.1. The minimum Gasteiger partial charge on any atom is -0.501 e. The van der Waals surface area contributed by atoms with Gasteiger partial charge in [0.25, 0.3) is 0 Å². The van der Waals surface area contributed by atoms with Gasteiger partial charge in [-0.1, -0.05) is 30.4 Å². The van der Waals surface area contributed by atoms with Gasteiger partial charge in [-0.05, 0) is 48.2 Å². The Morgan fingerprint density at radius 3 is 2.47 bits per heavy atom. The Bertz CT molecular complexity index is 994. The van der Waals surface area contributed by atoms with Gasteiger partial charge in [0, 0.05) is 24.7 Å². The predicted octanol–water partition coefficient (Wildman–Crippen LogP) is 5.93. The second kappa shape index (κ2) is 10.4. The van der Waals surface area contributed by atoms with E-state index in [4.69, 9.17) is 9.47 Å². The average Bonchev–Trinajstić information content (AvgIpc) is 2.79. The van der Waals surface area contributed by atoms with Crippen molar-refractivity contribution in [3.8, 4) is 5.75 Å². The summed E-state index contributed by atoms with van der Waals surface area (Å²) in [5.74, 6) is 1.29. The lowest BCUT2D eigenvalue weighted by Crippen LogP contribution is -2.33. The molecule has 0 fully saturated rings. The van der Waals surface area contributed by atoms with E-state index in [0.29, 0.717) is 30.0 Å². The van der Waals surface area contributed by atoms with Gasteiger partial charge in [-0.15, -0.1) is 0 Å². The number of rotatable bonds is 8. The van der Waals surface area contributed by atoms with Crippen molar-refractivity contribution >= 4 is 11.6 Å². The van der Waals surface area contributed by atoms with E-state index in [1.807, 2.05) is 18.2 Å². The van der Waals surface area contributed by atoms with E-state index >= 15 is 0 Å². The molecule has 0 atom stereocenters. The molecule has 0 bridgehead atoms. The van der Waals surface area contributed by atoms with Gasteiger partial charge in [-0.3, -0.25) is 4.79 Å². The van der Waals surface area contributed by atoms with Crippen LogP contribution >= 0.6 is 0 Å². The number of amides is 1. The first-order valence-electron chi connectivity index (χ1n) is 10.3. The van der Waals surface area contributed by atoms with Crippen molar-refractivity contribution in [1.82, 2.24) is 0 Å². The zero-order valence-electron chi connectivity index (χ0n) is 18.1. The van der Waals surface area contributed by atoms with Crippen molar-refractivity contribution in [3.63, 3.8) is 0 Å². The summed E-state index contributed by atoms with van der Waals surface area (Å²) in [5, 5.41) is 0. The Hall–Kier alpha value is -3.22. The summed E-state index contributed by atoms with van der Waals surface area (Å²) in [4.78, 5) is 14.9. The SMILES string of the molecule is COC1=C(CC(=O)N(CCc2ccc(C(F)(F)F)cc2)c2cccc(OC)c2)C=CCC1. The first-order chi connectivity index (χ1) is 15.3. The first kappa shape index (κ1) is 23.4. The third-order valence-electron chi connectivity index (χ3n) is 5.37. The van der Waals surface area contributed by atoms with Crippen molar-refractivity contribution in [2.75, 3.05) is 25.7 Å². The Morgan fingerprint density at radius 2 is 1.81 bits per heavy atom. The third-order valence-corrected chi connectivity index (χ3v) is 5.37. The van der Waals surface area contributed by atoms with Gasteiger partial charge >= 0.3 is 6.18 Å². The van der Waals surface area contributed by atoms with E-state index in [9.17, 15) is 18.0 Å². The maximum Gasteiger partial charge on any atom is 0.416 e. The summed E-state index contributed by atoms with van der Waals surface area (Å²) < 4.78 is 49.2. The second-order valence-electron chi connectivity index (χ2n) is 7.46. The second-order valence-corrected chi connectivity index (χ2v) is 7.46. The van der Waals surface area contributed by atoms with Gasteiger partial charge in [0.2, 0.25) is 5.91 Å². The minimum atomic E-state index is -4.37. The lowest BCUT2D eigenvalue weighted by atomic mass is 10.0. The highest BCUT2D eigenvalue weighted by atomic mass is 19.4. The number of anilines is 1. The Labute approximate surface area is 185 Å². The summed E-state index contributed by atoms with van der Waals surface area (Å²) in [6.07, 6.45) is 1.76. The van der Waals surface area contributed by atoms with Gasteiger partial charge in [0.15, 0.2) is 0 Å². The largest absolute Gasteiger partial charge is 0.501 e. The number of ether oxygens (including phenoxy) is 2. The predicted molar refractivity (Wildman–Crippen MR) is 118 cm³/mol. The molecule has 0 aliphatic heterocycles. The number of allylic oxidation sites excluding steroid dienone is 3. The molecular formula is C25H26F3NO3. The van der Waals surface area contributed by atoms with Crippen molar-refractivity contribution in [1.29, 1.82) is 0 Å². The minimum absolute atomic E-state index is 0.124. The summed E-state index contributed by atoms with van der Waals surface area (Å²) in [5.41, 5.74) is 1.53. The molecule has 0 radical (unpaired) electrons. The molecule has 0 spiro atoms. The fourth-order valence-corrected chi connectivity index (χ4v) is 3.62. The summed E-state index contributed by atoms with van der Waals surface area (Å²) in [6.45, 7) is 0.316.